The quantitative estimate of drug-likeness (QED) is 0.341. The number of fused-ring (bicyclic) bond motifs is 1. The highest BCUT2D eigenvalue weighted by atomic mass is 35.5. The number of aromatic amines is 1. The largest absolute Gasteiger partial charge is 0.416 e. The van der Waals surface area contributed by atoms with E-state index in [2.05, 4.69) is 4.98 Å². The van der Waals surface area contributed by atoms with Crippen LogP contribution < -0.4 is 5.56 Å². The Labute approximate surface area is 186 Å². The molecule has 0 aliphatic rings. The Morgan fingerprint density at radius 3 is 2.28 bits per heavy atom. The van der Waals surface area contributed by atoms with Crippen molar-refractivity contribution in [3.05, 3.63) is 105 Å². The predicted molar refractivity (Wildman–Crippen MR) is 119 cm³/mol. The lowest BCUT2D eigenvalue weighted by molar-refractivity contribution is -0.137. The van der Waals surface area contributed by atoms with Crippen molar-refractivity contribution in [3.8, 4) is 11.1 Å². The first-order valence-electron chi connectivity index (χ1n) is 9.84. The van der Waals surface area contributed by atoms with Crippen LogP contribution >= 0.6 is 11.6 Å². The summed E-state index contributed by atoms with van der Waals surface area (Å²) >= 11 is 6.18. The lowest BCUT2D eigenvalue weighted by atomic mass is 9.92. The number of carbonyl (C=O) groups excluding carboxylic acids is 1. The summed E-state index contributed by atoms with van der Waals surface area (Å²) in [6, 6.07) is 18.8. The molecule has 4 aromatic rings. The molecule has 0 spiro atoms. The van der Waals surface area contributed by atoms with Gasteiger partial charge in [-0.05, 0) is 47.9 Å². The van der Waals surface area contributed by atoms with Crippen LogP contribution in [0.1, 0.15) is 27.9 Å². The Bertz CT molecular complexity index is 1340. The summed E-state index contributed by atoms with van der Waals surface area (Å²) in [5, 5.41) is 1.10. The van der Waals surface area contributed by atoms with Crippen LogP contribution in [-0.2, 0) is 12.6 Å². The van der Waals surface area contributed by atoms with Gasteiger partial charge in [0.2, 0.25) is 0 Å². The molecule has 0 amide bonds. The number of rotatable bonds is 5. The van der Waals surface area contributed by atoms with Crippen molar-refractivity contribution in [1.29, 1.82) is 0 Å². The highest BCUT2D eigenvalue weighted by Gasteiger charge is 2.30. The predicted octanol–water partition coefficient (Wildman–Crippen LogP) is 6.68. The first-order chi connectivity index (χ1) is 15.2. The van der Waals surface area contributed by atoms with E-state index in [0.29, 0.717) is 32.6 Å². The fourth-order valence-corrected chi connectivity index (χ4v) is 3.85. The van der Waals surface area contributed by atoms with Crippen molar-refractivity contribution in [1.82, 2.24) is 4.98 Å². The average Bonchev–Trinajstić information content (AvgIpc) is 2.77. The maximum Gasteiger partial charge on any atom is 0.416 e. The van der Waals surface area contributed by atoms with Crippen LogP contribution in [0, 0.1) is 0 Å². The molecule has 0 saturated carbocycles. The Morgan fingerprint density at radius 2 is 1.62 bits per heavy atom. The zero-order valence-corrected chi connectivity index (χ0v) is 17.4. The number of carbonyl (C=O) groups is 1. The lowest BCUT2D eigenvalue weighted by Gasteiger charge is -2.13. The molecule has 32 heavy (non-hydrogen) atoms. The highest BCUT2D eigenvalue weighted by Crippen LogP contribution is 2.32. The Hall–Kier alpha value is -3.38. The SMILES string of the molecule is O=C(CCc1ccc(C(F)(F)F)cc1)c1c(-c2ccccc2)c2cc(Cl)ccc2[nH]c1=O. The van der Waals surface area contributed by atoms with Crippen molar-refractivity contribution in [2.75, 3.05) is 0 Å². The van der Waals surface area contributed by atoms with Gasteiger partial charge < -0.3 is 4.98 Å². The van der Waals surface area contributed by atoms with Gasteiger partial charge in [0.15, 0.2) is 5.78 Å². The standard InChI is InChI=1S/C25H17ClF3NO2/c26-18-11-12-20-19(14-18)22(16-4-2-1-3-5-16)23(24(32)30-20)21(31)13-8-15-6-9-17(10-7-15)25(27,28)29/h1-7,9-12,14H,8,13H2,(H,30,32). The Morgan fingerprint density at radius 1 is 0.938 bits per heavy atom. The van der Waals surface area contributed by atoms with E-state index < -0.39 is 23.1 Å². The van der Waals surface area contributed by atoms with E-state index in [1.807, 2.05) is 30.3 Å². The number of ketones is 1. The average molecular weight is 456 g/mol. The van der Waals surface area contributed by atoms with Gasteiger partial charge in [-0.2, -0.15) is 13.2 Å². The van der Waals surface area contributed by atoms with Gasteiger partial charge >= 0.3 is 6.18 Å². The molecule has 0 unspecified atom stereocenters. The van der Waals surface area contributed by atoms with E-state index in [0.717, 1.165) is 12.1 Å². The Kier molecular flexibility index (Phi) is 5.89. The van der Waals surface area contributed by atoms with Gasteiger partial charge in [-0.15, -0.1) is 0 Å². The van der Waals surface area contributed by atoms with E-state index >= 15 is 0 Å². The summed E-state index contributed by atoms with van der Waals surface area (Å²) < 4.78 is 38.3. The van der Waals surface area contributed by atoms with Crippen molar-refractivity contribution >= 4 is 28.3 Å². The molecule has 7 heteroatoms. The van der Waals surface area contributed by atoms with Gasteiger partial charge in [0.25, 0.3) is 5.56 Å². The van der Waals surface area contributed by atoms with Gasteiger partial charge in [-0.1, -0.05) is 54.1 Å². The number of halogens is 4. The fraction of sp³-hybridized carbons (Fsp3) is 0.120. The van der Waals surface area contributed by atoms with Crippen LogP contribution in [0.15, 0.2) is 77.6 Å². The van der Waals surface area contributed by atoms with Crippen LogP contribution in [-0.4, -0.2) is 10.8 Å². The number of aromatic nitrogens is 1. The third-order valence-corrected chi connectivity index (χ3v) is 5.47. The number of hydrogen-bond donors (Lipinski definition) is 1. The van der Waals surface area contributed by atoms with Gasteiger partial charge in [-0.3, -0.25) is 9.59 Å². The molecular formula is C25H17ClF3NO2. The minimum Gasteiger partial charge on any atom is -0.321 e. The zero-order chi connectivity index (χ0) is 22.9. The molecule has 0 atom stereocenters. The van der Waals surface area contributed by atoms with Crippen LogP contribution in [0.4, 0.5) is 13.2 Å². The van der Waals surface area contributed by atoms with Crippen molar-refractivity contribution in [2.45, 2.75) is 19.0 Å². The normalized spacial score (nSPS) is 11.6. The molecule has 0 aliphatic heterocycles. The molecule has 0 radical (unpaired) electrons. The molecular weight excluding hydrogens is 439 g/mol. The first kappa shape index (κ1) is 21.8. The smallest absolute Gasteiger partial charge is 0.321 e. The van der Waals surface area contributed by atoms with Gasteiger partial charge in [-0.25, -0.2) is 0 Å². The van der Waals surface area contributed by atoms with Crippen LogP contribution in [0.25, 0.3) is 22.0 Å². The monoisotopic (exact) mass is 455 g/mol. The molecule has 0 aliphatic carbocycles. The van der Waals surface area contributed by atoms with Crippen LogP contribution in [0.3, 0.4) is 0 Å². The molecule has 1 N–H and O–H groups in total. The first-order valence-corrected chi connectivity index (χ1v) is 10.2. The number of nitrogens with one attached hydrogen (secondary N) is 1. The topological polar surface area (TPSA) is 49.9 Å². The van der Waals surface area contributed by atoms with E-state index in [4.69, 9.17) is 11.6 Å². The second-order valence-corrected chi connectivity index (χ2v) is 7.81. The summed E-state index contributed by atoms with van der Waals surface area (Å²) in [6.07, 6.45) is -4.24. The summed E-state index contributed by atoms with van der Waals surface area (Å²) in [4.78, 5) is 28.8. The summed E-state index contributed by atoms with van der Waals surface area (Å²) in [6.45, 7) is 0. The maximum absolute atomic E-state index is 13.2. The third-order valence-electron chi connectivity index (χ3n) is 5.24. The Balaban J connectivity index is 1.73. The molecule has 0 saturated heterocycles. The van der Waals surface area contributed by atoms with Gasteiger partial charge in [0, 0.05) is 27.9 Å². The van der Waals surface area contributed by atoms with E-state index in [-0.39, 0.29) is 18.4 Å². The van der Waals surface area contributed by atoms with Crippen molar-refractivity contribution < 1.29 is 18.0 Å². The second kappa shape index (κ2) is 8.63. The minimum absolute atomic E-state index is 0.0119. The number of alkyl halides is 3. The van der Waals surface area contributed by atoms with Crippen molar-refractivity contribution in [2.24, 2.45) is 0 Å². The van der Waals surface area contributed by atoms with Gasteiger partial charge in [0.05, 0.1) is 11.1 Å². The lowest BCUT2D eigenvalue weighted by Crippen LogP contribution is -2.20. The number of H-pyrrole nitrogens is 1. The summed E-state index contributed by atoms with van der Waals surface area (Å²) in [5.74, 6) is -0.396. The molecule has 0 fully saturated rings. The van der Waals surface area contributed by atoms with E-state index in [1.54, 1.807) is 18.2 Å². The number of pyridine rings is 1. The van der Waals surface area contributed by atoms with Gasteiger partial charge in [0.1, 0.15) is 0 Å². The molecule has 3 aromatic carbocycles. The fourth-order valence-electron chi connectivity index (χ4n) is 3.68. The highest BCUT2D eigenvalue weighted by molar-refractivity contribution is 6.31. The molecule has 162 valence electrons. The number of hydrogen-bond acceptors (Lipinski definition) is 2. The third kappa shape index (κ3) is 4.46. The maximum atomic E-state index is 13.2. The zero-order valence-electron chi connectivity index (χ0n) is 16.7. The van der Waals surface area contributed by atoms with E-state index in [1.165, 1.54) is 12.1 Å². The van der Waals surface area contributed by atoms with E-state index in [9.17, 15) is 22.8 Å². The molecule has 4 rings (SSSR count). The molecule has 3 nitrogen and oxygen atoms in total. The number of Topliss-reactive ketones (excluding diaryl/α,β-unsaturated/α-hetero) is 1. The van der Waals surface area contributed by atoms with Crippen LogP contribution in [0.5, 0.6) is 0 Å². The minimum atomic E-state index is -4.42. The molecule has 1 heterocycles. The van der Waals surface area contributed by atoms with Crippen molar-refractivity contribution in [3.63, 3.8) is 0 Å². The summed E-state index contributed by atoms with van der Waals surface area (Å²) in [5.41, 5.74) is 1.06. The second-order valence-electron chi connectivity index (χ2n) is 7.38. The molecule has 1 aromatic heterocycles. The van der Waals surface area contributed by atoms with Crippen LogP contribution in [0.2, 0.25) is 5.02 Å². The molecule has 0 bridgehead atoms. The number of benzene rings is 3. The number of aryl methyl sites for hydroxylation is 1. The summed E-state index contributed by atoms with van der Waals surface area (Å²) in [7, 11) is 0.